The van der Waals surface area contributed by atoms with Crippen molar-refractivity contribution in [3.8, 4) is 17.0 Å². The van der Waals surface area contributed by atoms with Gasteiger partial charge in [0.15, 0.2) is 9.84 Å². The van der Waals surface area contributed by atoms with Crippen LogP contribution in [0.2, 0.25) is 0 Å². The van der Waals surface area contributed by atoms with Crippen molar-refractivity contribution in [3.63, 3.8) is 0 Å². The lowest BCUT2D eigenvalue weighted by Crippen LogP contribution is -2.40. The number of nitrogens with one attached hydrogen (secondary N) is 1. The molecule has 2 amide bonds. The van der Waals surface area contributed by atoms with Crippen molar-refractivity contribution in [2.75, 3.05) is 6.26 Å². The number of primary amides is 1. The molecule has 4 rings (SSSR count). The van der Waals surface area contributed by atoms with Crippen LogP contribution in [-0.2, 0) is 9.84 Å². The second-order valence-corrected chi connectivity index (χ2v) is 10.8. The number of carbonyl (C=O) groups excluding carboxylic acids is 2. The topological polar surface area (TPSA) is 146 Å². The molecule has 3 aromatic rings. The third-order valence-electron chi connectivity index (χ3n) is 6.06. The Labute approximate surface area is 211 Å². The van der Waals surface area contributed by atoms with Crippen LogP contribution in [0.3, 0.4) is 0 Å². The van der Waals surface area contributed by atoms with E-state index < -0.39 is 28.2 Å². The SMILES string of the molecule is CS(=O)(=O)c1cc(C(=O)NC2CCC(Oc3ncccc3C(N)=O)CC2)cc(-c2cnn(C(F)F)c2)c1. The van der Waals surface area contributed by atoms with Gasteiger partial charge in [-0.1, -0.05) is 0 Å². The number of carbonyl (C=O) groups is 2. The van der Waals surface area contributed by atoms with Gasteiger partial charge < -0.3 is 15.8 Å². The molecule has 3 N–H and O–H groups in total. The van der Waals surface area contributed by atoms with Gasteiger partial charge in [-0.15, -0.1) is 0 Å². The number of alkyl halides is 2. The molecule has 0 radical (unpaired) electrons. The van der Waals surface area contributed by atoms with E-state index in [1.807, 2.05) is 0 Å². The first-order chi connectivity index (χ1) is 17.5. The van der Waals surface area contributed by atoms with Crippen LogP contribution >= 0.6 is 0 Å². The first kappa shape index (κ1) is 26.2. The molecular formula is C24H25F2N5O5S. The molecule has 0 aliphatic heterocycles. The smallest absolute Gasteiger partial charge is 0.333 e. The number of nitrogens with zero attached hydrogens (tertiary/aromatic N) is 3. The molecule has 10 nitrogen and oxygen atoms in total. The lowest BCUT2D eigenvalue weighted by atomic mass is 9.92. The van der Waals surface area contributed by atoms with Crippen molar-refractivity contribution in [3.05, 3.63) is 60.0 Å². The van der Waals surface area contributed by atoms with E-state index in [-0.39, 0.29) is 45.2 Å². The zero-order valence-corrected chi connectivity index (χ0v) is 20.6. The summed E-state index contributed by atoms with van der Waals surface area (Å²) in [6, 6.07) is 6.95. The maximum Gasteiger partial charge on any atom is 0.333 e. The zero-order valence-electron chi connectivity index (χ0n) is 19.8. The minimum Gasteiger partial charge on any atom is -0.474 e. The van der Waals surface area contributed by atoms with E-state index >= 15 is 0 Å². The van der Waals surface area contributed by atoms with Crippen LogP contribution in [0.25, 0.3) is 11.1 Å². The summed E-state index contributed by atoms with van der Waals surface area (Å²) in [7, 11) is -3.69. The number of ether oxygens (including phenoxy) is 1. The Morgan fingerprint density at radius 2 is 1.89 bits per heavy atom. The van der Waals surface area contributed by atoms with Gasteiger partial charge in [-0.25, -0.2) is 18.1 Å². The van der Waals surface area contributed by atoms with Crippen molar-refractivity contribution in [2.24, 2.45) is 5.73 Å². The van der Waals surface area contributed by atoms with Crippen LogP contribution in [0.5, 0.6) is 5.88 Å². The summed E-state index contributed by atoms with van der Waals surface area (Å²) in [6.45, 7) is -2.85. The minimum absolute atomic E-state index is 0.0840. The molecule has 0 spiro atoms. The Balaban J connectivity index is 1.45. The van der Waals surface area contributed by atoms with Crippen molar-refractivity contribution in [1.29, 1.82) is 0 Å². The van der Waals surface area contributed by atoms with Crippen LogP contribution < -0.4 is 15.8 Å². The largest absolute Gasteiger partial charge is 0.474 e. The van der Waals surface area contributed by atoms with Gasteiger partial charge in [0.1, 0.15) is 11.7 Å². The van der Waals surface area contributed by atoms with Gasteiger partial charge in [0.25, 0.3) is 11.8 Å². The Morgan fingerprint density at radius 1 is 1.16 bits per heavy atom. The molecule has 196 valence electrons. The highest BCUT2D eigenvalue weighted by Crippen LogP contribution is 2.28. The number of hydrogen-bond acceptors (Lipinski definition) is 7. The van der Waals surface area contributed by atoms with Crippen LogP contribution in [0, 0.1) is 0 Å². The monoisotopic (exact) mass is 533 g/mol. The molecule has 0 saturated heterocycles. The molecule has 13 heteroatoms. The first-order valence-corrected chi connectivity index (χ1v) is 13.3. The van der Waals surface area contributed by atoms with E-state index in [9.17, 15) is 26.8 Å². The number of aromatic nitrogens is 3. The summed E-state index contributed by atoms with van der Waals surface area (Å²) in [5, 5.41) is 6.49. The summed E-state index contributed by atoms with van der Waals surface area (Å²) < 4.78 is 56.7. The molecule has 1 fully saturated rings. The standard InChI is InChI=1S/C24H25F2N5O5S/c1-37(34,35)19-10-14(16-12-29-31(13-16)24(25)26)9-15(11-19)22(33)30-17-4-6-18(7-5-17)36-23-20(21(27)32)3-2-8-28-23/h2-3,8-13,17-18,24H,4-7H2,1H3,(H2,27,32)(H,30,33). The van der Waals surface area contributed by atoms with Gasteiger partial charge >= 0.3 is 6.55 Å². The Hall–Kier alpha value is -3.87. The van der Waals surface area contributed by atoms with Crippen molar-refractivity contribution in [2.45, 2.75) is 49.3 Å². The minimum atomic E-state index is -3.69. The fourth-order valence-electron chi connectivity index (χ4n) is 4.13. The first-order valence-electron chi connectivity index (χ1n) is 11.4. The van der Waals surface area contributed by atoms with Gasteiger partial charge in [0.2, 0.25) is 5.88 Å². The van der Waals surface area contributed by atoms with Gasteiger partial charge in [-0.3, -0.25) is 9.59 Å². The second-order valence-electron chi connectivity index (χ2n) is 8.79. The molecule has 2 heterocycles. The number of nitrogens with two attached hydrogens (primary N) is 1. The van der Waals surface area contributed by atoms with E-state index in [4.69, 9.17) is 10.5 Å². The Bertz CT molecular complexity index is 1420. The zero-order chi connectivity index (χ0) is 26.7. The fraction of sp³-hybridized carbons (Fsp3) is 0.333. The normalized spacial score (nSPS) is 17.9. The third kappa shape index (κ3) is 6.28. The summed E-state index contributed by atoms with van der Waals surface area (Å²) in [5.74, 6) is -0.956. The van der Waals surface area contributed by atoms with E-state index in [0.717, 1.165) is 12.5 Å². The number of benzene rings is 1. The van der Waals surface area contributed by atoms with E-state index in [2.05, 4.69) is 15.4 Å². The number of amides is 2. The van der Waals surface area contributed by atoms with Crippen molar-refractivity contribution >= 4 is 21.7 Å². The highest BCUT2D eigenvalue weighted by Gasteiger charge is 2.26. The van der Waals surface area contributed by atoms with E-state index in [1.165, 1.54) is 36.7 Å². The molecule has 0 bridgehead atoms. The lowest BCUT2D eigenvalue weighted by Gasteiger charge is -2.29. The highest BCUT2D eigenvalue weighted by molar-refractivity contribution is 7.90. The van der Waals surface area contributed by atoms with E-state index in [0.29, 0.717) is 30.4 Å². The second kappa shape index (κ2) is 10.6. The molecule has 0 unspecified atom stereocenters. The van der Waals surface area contributed by atoms with Gasteiger partial charge in [-0.2, -0.15) is 13.9 Å². The molecule has 1 aliphatic carbocycles. The number of rotatable bonds is 8. The summed E-state index contributed by atoms with van der Waals surface area (Å²) in [6.07, 6.45) is 6.88. The third-order valence-corrected chi connectivity index (χ3v) is 7.15. The predicted octanol–water partition coefficient (Wildman–Crippen LogP) is 2.96. The quantitative estimate of drug-likeness (QED) is 0.453. The van der Waals surface area contributed by atoms with Crippen molar-refractivity contribution < 1.29 is 31.5 Å². The summed E-state index contributed by atoms with van der Waals surface area (Å²) in [4.78, 5) is 28.6. The number of sulfone groups is 1. The van der Waals surface area contributed by atoms with Gasteiger partial charge in [-0.05, 0) is 61.6 Å². The average Bonchev–Trinajstić information content (AvgIpc) is 3.36. The number of halogens is 2. The molecule has 1 aliphatic rings. The average molecular weight is 534 g/mol. The molecule has 1 aromatic carbocycles. The Kier molecular flexibility index (Phi) is 7.52. The van der Waals surface area contributed by atoms with Gasteiger partial charge in [0, 0.05) is 35.8 Å². The molecule has 2 aromatic heterocycles. The van der Waals surface area contributed by atoms with Crippen LogP contribution in [0.4, 0.5) is 8.78 Å². The molecule has 1 saturated carbocycles. The molecule has 37 heavy (non-hydrogen) atoms. The van der Waals surface area contributed by atoms with Crippen molar-refractivity contribution in [1.82, 2.24) is 20.1 Å². The van der Waals surface area contributed by atoms with E-state index in [1.54, 1.807) is 6.07 Å². The molecule has 0 atom stereocenters. The maximum atomic E-state index is 13.0. The van der Waals surface area contributed by atoms with Gasteiger partial charge in [0.05, 0.1) is 11.1 Å². The number of pyridine rings is 1. The van der Waals surface area contributed by atoms with Crippen LogP contribution in [0.1, 0.15) is 52.9 Å². The predicted molar refractivity (Wildman–Crippen MR) is 129 cm³/mol. The lowest BCUT2D eigenvalue weighted by molar-refractivity contribution is 0.0566. The summed E-state index contributed by atoms with van der Waals surface area (Å²) in [5.41, 5.74) is 6.17. The molecular weight excluding hydrogens is 508 g/mol. The van der Waals surface area contributed by atoms with Crippen LogP contribution in [-0.4, -0.2) is 53.4 Å². The Morgan fingerprint density at radius 3 is 2.51 bits per heavy atom. The number of hydrogen-bond donors (Lipinski definition) is 2. The summed E-state index contributed by atoms with van der Waals surface area (Å²) >= 11 is 0. The highest BCUT2D eigenvalue weighted by atomic mass is 32.2. The fourth-order valence-corrected chi connectivity index (χ4v) is 4.81. The maximum absolute atomic E-state index is 13.0. The van der Waals surface area contributed by atoms with Crippen LogP contribution in [0.15, 0.2) is 53.8 Å².